The molecule has 0 unspecified atom stereocenters. The van der Waals surface area contributed by atoms with Crippen molar-refractivity contribution in [3.05, 3.63) is 35.9 Å². The first-order valence-electron chi connectivity index (χ1n) is 13.7. The van der Waals surface area contributed by atoms with Gasteiger partial charge in [-0.25, -0.2) is 14.4 Å². The molecule has 53 heavy (non-hydrogen) atoms. The van der Waals surface area contributed by atoms with Crippen molar-refractivity contribution < 1.29 is 102 Å². The van der Waals surface area contributed by atoms with Crippen molar-refractivity contribution in [2.45, 2.75) is 31.3 Å². The number of halogens is 12. The number of carboxylic acids is 4. The number of benzene rings is 1. The van der Waals surface area contributed by atoms with Crippen LogP contribution in [0, 0.1) is 0 Å². The number of piperazine rings is 1. The van der Waals surface area contributed by atoms with Crippen molar-refractivity contribution in [2.75, 3.05) is 56.6 Å². The fourth-order valence-electron chi connectivity index (χ4n) is 3.28. The molecule has 1 saturated heterocycles. The van der Waals surface area contributed by atoms with E-state index in [9.17, 15) is 57.5 Å². The average molecular weight is 798 g/mol. The number of rotatable bonds is 9. The summed E-state index contributed by atoms with van der Waals surface area (Å²) in [6.07, 6.45) is -19.4. The van der Waals surface area contributed by atoms with Gasteiger partial charge >= 0.3 is 54.8 Å². The first-order valence-corrected chi connectivity index (χ1v) is 13.7. The van der Waals surface area contributed by atoms with Gasteiger partial charge in [-0.1, -0.05) is 12.1 Å². The smallest absolute Gasteiger partial charge is 0.480 e. The van der Waals surface area contributed by atoms with Gasteiger partial charge in [0.25, 0.3) is 0 Å². The molecule has 300 valence electrons. The van der Waals surface area contributed by atoms with Crippen molar-refractivity contribution >= 4 is 35.5 Å². The molecule has 0 radical (unpaired) electrons. The third kappa shape index (κ3) is 21.5. The van der Waals surface area contributed by atoms with E-state index in [1.165, 1.54) is 19.2 Å². The standard InChI is InChI=1S/C20H24F3N5O4.3C2HF3O2/c1-31-19-25-16(12-17(26-19)28-10-8-27(9-11-28)13-18(29)30)24-7-6-14-2-4-15(5-3-14)32-20(21,22)23;3*3-2(4,5)1(6)7/h2-5,12H,6-11,13H2,1H3,(H,29,30)(H,24,25,26);3*(H,6,7). The Morgan fingerprint density at radius 3 is 1.53 bits per heavy atom. The minimum atomic E-state index is -5.08. The highest BCUT2D eigenvalue weighted by atomic mass is 19.4. The molecule has 1 aliphatic rings. The van der Waals surface area contributed by atoms with E-state index in [2.05, 4.69) is 20.0 Å². The van der Waals surface area contributed by atoms with Gasteiger partial charge < -0.3 is 40.1 Å². The SMILES string of the molecule is COc1nc(NCCc2ccc(OC(F)(F)F)cc2)cc(N2CCN(CC(=O)O)CC2)n1.O=C(O)C(F)(F)F.O=C(O)C(F)(F)F.O=C(O)C(F)(F)F. The lowest BCUT2D eigenvalue weighted by molar-refractivity contribution is -0.274. The van der Waals surface area contributed by atoms with Crippen LogP contribution in [0.5, 0.6) is 11.8 Å². The van der Waals surface area contributed by atoms with Crippen LogP contribution < -0.4 is 19.7 Å². The summed E-state index contributed by atoms with van der Waals surface area (Å²) in [6.45, 7) is 2.96. The third-order valence-electron chi connectivity index (χ3n) is 5.53. The second kappa shape index (κ2) is 20.5. The highest BCUT2D eigenvalue weighted by Gasteiger charge is 2.39. The molecule has 1 aliphatic heterocycles. The molecule has 2 heterocycles. The van der Waals surface area contributed by atoms with Crippen LogP contribution in [-0.4, -0.2) is 130 Å². The number of aliphatic carboxylic acids is 4. The van der Waals surface area contributed by atoms with Crippen LogP contribution >= 0.6 is 0 Å². The van der Waals surface area contributed by atoms with Crippen molar-refractivity contribution in [2.24, 2.45) is 0 Å². The number of ether oxygens (including phenoxy) is 2. The number of methoxy groups -OCH3 is 1. The topological polar surface area (TPSA) is 212 Å². The predicted octanol–water partition coefficient (Wildman–Crippen LogP) is 4.14. The van der Waals surface area contributed by atoms with Crippen LogP contribution in [0.1, 0.15) is 5.56 Å². The molecule has 1 aromatic carbocycles. The monoisotopic (exact) mass is 797 g/mol. The zero-order valence-corrected chi connectivity index (χ0v) is 26.4. The third-order valence-corrected chi connectivity index (χ3v) is 5.53. The van der Waals surface area contributed by atoms with Crippen LogP contribution in [0.4, 0.5) is 64.3 Å². The first-order chi connectivity index (χ1) is 24.0. The van der Waals surface area contributed by atoms with E-state index in [1.54, 1.807) is 18.2 Å². The van der Waals surface area contributed by atoms with Gasteiger partial charge in [0.05, 0.1) is 13.7 Å². The normalized spacial score (nSPS) is 13.4. The molecule has 0 atom stereocenters. The van der Waals surface area contributed by atoms with E-state index >= 15 is 0 Å². The molecule has 0 saturated carbocycles. The van der Waals surface area contributed by atoms with Crippen LogP contribution in [0.3, 0.4) is 0 Å². The van der Waals surface area contributed by atoms with Gasteiger partial charge in [0.2, 0.25) is 0 Å². The number of aromatic nitrogens is 2. The zero-order valence-electron chi connectivity index (χ0n) is 26.4. The molecule has 2 aromatic rings. The van der Waals surface area contributed by atoms with Crippen LogP contribution in [0.25, 0.3) is 0 Å². The van der Waals surface area contributed by atoms with Crippen molar-refractivity contribution in [3.8, 4) is 11.8 Å². The molecule has 5 N–H and O–H groups in total. The van der Waals surface area contributed by atoms with E-state index in [0.29, 0.717) is 50.8 Å². The van der Waals surface area contributed by atoms with Crippen LogP contribution in [-0.2, 0) is 25.6 Å². The molecule has 3 rings (SSSR count). The minimum Gasteiger partial charge on any atom is -0.480 e. The van der Waals surface area contributed by atoms with Crippen molar-refractivity contribution in [1.82, 2.24) is 14.9 Å². The minimum absolute atomic E-state index is 0.0110. The number of alkyl halides is 12. The number of hydrogen-bond acceptors (Lipinski definition) is 11. The Bertz CT molecular complexity index is 1420. The molecule has 0 aliphatic carbocycles. The molecular weight excluding hydrogens is 770 g/mol. The maximum atomic E-state index is 12.2. The fourth-order valence-corrected chi connectivity index (χ4v) is 3.28. The molecule has 1 aromatic heterocycles. The lowest BCUT2D eigenvalue weighted by atomic mass is 10.1. The molecule has 15 nitrogen and oxygen atoms in total. The lowest BCUT2D eigenvalue weighted by Gasteiger charge is -2.34. The van der Waals surface area contributed by atoms with Gasteiger partial charge in [0.15, 0.2) is 0 Å². The molecular formula is C26H27F12N5O10. The maximum Gasteiger partial charge on any atom is 0.573 e. The summed E-state index contributed by atoms with van der Waals surface area (Å²) in [7, 11) is 1.47. The van der Waals surface area contributed by atoms with Gasteiger partial charge in [-0.05, 0) is 24.1 Å². The van der Waals surface area contributed by atoms with Gasteiger partial charge in [0.1, 0.15) is 17.4 Å². The Morgan fingerprint density at radius 2 is 1.17 bits per heavy atom. The van der Waals surface area contributed by atoms with Crippen molar-refractivity contribution in [1.29, 1.82) is 0 Å². The molecule has 1 fully saturated rings. The van der Waals surface area contributed by atoms with Crippen LogP contribution in [0.2, 0.25) is 0 Å². The Hall–Kier alpha value is -5.50. The quantitative estimate of drug-likeness (QED) is 0.226. The van der Waals surface area contributed by atoms with Gasteiger partial charge in [-0.2, -0.15) is 49.5 Å². The Balaban J connectivity index is 0.00000105. The highest BCUT2D eigenvalue weighted by molar-refractivity contribution is 5.73. The first kappa shape index (κ1) is 47.5. The maximum absolute atomic E-state index is 12.2. The van der Waals surface area contributed by atoms with E-state index < -0.39 is 48.8 Å². The Labute approximate surface area is 288 Å². The Kier molecular flexibility index (Phi) is 18.4. The summed E-state index contributed by atoms with van der Waals surface area (Å²) in [5.41, 5.74) is 0.836. The molecule has 0 bridgehead atoms. The zero-order chi connectivity index (χ0) is 41.4. The number of anilines is 2. The average Bonchev–Trinajstić information content (AvgIpc) is 3.00. The second-order valence-electron chi connectivity index (χ2n) is 9.53. The molecule has 0 spiro atoms. The largest absolute Gasteiger partial charge is 0.573 e. The molecule has 0 amide bonds. The summed E-state index contributed by atoms with van der Waals surface area (Å²) in [5.74, 6) is -8.16. The second-order valence-corrected chi connectivity index (χ2v) is 9.53. The highest BCUT2D eigenvalue weighted by Crippen LogP contribution is 2.24. The Morgan fingerprint density at radius 1 is 0.736 bits per heavy atom. The van der Waals surface area contributed by atoms with E-state index in [4.69, 9.17) is 39.5 Å². The summed E-state index contributed by atoms with van der Waals surface area (Å²) in [5, 5.41) is 33.5. The summed E-state index contributed by atoms with van der Waals surface area (Å²) < 4.78 is 141. The fraction of sp³-hybridized carbons (Fsp3) is 0.462. The number of carbonyl (C=O) groups is 4. The predicted molar refractivity (Wildman–Crippen MR) is 151 cm³/mol. The van der Waals surface area contributed by atoms with Crippen LogP contribution in [0.15, 0.2) is 30.3 Å². The van der Waals surface area contributed by atoms with Crippen molar-refractivity contribution in [3.63, 3.8) is 0 Å². The van der Waals surface area contributed by atoms with Gasteiger partial charge in [-0.3, -0.25) is 9.69 Å². The number of hydrogen-bond donors (Lipinski definition) is 5. The van der Waals surface area contributed by atoms with Gasteiger partial charge in [0, 0.05) is 38.8 Å². The summed E-state index contributed by atoms with van der Waals surface area (Å²) in [4.78, 5) is 50.1. The van der Waals surface area contributed by atoms with E-state index in [0.717, 1.165) is 5.56 Å². The number of nitrogens with one attached hydrogen (secondary N) is 1. The lowest BCUT2D eigenvalue weighted by Crippen LogP contribution is -2.48. The summed E-state index contributed by atoms with van der Waals surface area (Å²) in [6, 6.07) is 7.69. The van der Waals surface area contributed by atoms with Gasteiger partial charge in [-0.15, -0.1) is 13.2 Å². The number of nitrogens with zero attached hydrogens (tertiary/aromatic N) is 4. The number of carboxylic acid groups (broad SMARTS) is 4. The summed E-state index contributed by atoms with van der Waals surface area (Å²) >= 11 is 0. The molecule has 27 heteroatoms. The van der Waals surface area contributed by atoms with E-state index in [1.807, 2.05) is 9.80 Å². The van der Waals surface area contributed by atoms with E-state index in [-0.39, 0.29) is 18.3 Å².